The van der Waals surface area contributed by atoms with E-state index in [-0.39, 0.29) is 12.0 Å². The summed E-state index contributed by atoms with van der Waals surface area (Å²) < 4.78 is 28.5. The molecule has 5 heteroatoms. The first kappa shape index (κ1) is 9.12. The molecule has 2 nitrogen and oxygen atoms in total. The van der Waals surface area contributed by atoms with Crippen LogP contribution in [0.3, 0.4) is 0 Å². The van der Waals surface area contributed by atoms with Crippen LogP contribution in [0.4, 0.5) is 8.78 Å². The van der Waals surface area contributed by atoms with Gasteiger partial charge in [0.15, 0.2) is 0 Å². The smallest absolute Gasteiger partial charge is 0.268 e. The summed E-state index contributed by atoms with van der Waals surface area (Å²) in [4.78, 5) is 0. The summed E-state index contributed by atoms with van der Waals surface area (Å²) in [6.07, 6.45) is 0.341. The van der Waals surface area contributed by atoms with Crippen molar-refractivity contribution in [1.29, 1.82) is 0 Å². The molecule has 1 aromatic rings. The van der Waals surface area contributed by atoms with Crippen molar-refractivity contribution in [3.8, 4) is 0 Å². The summed E-state index contributed by atoms with van der Waals surface area (Å²) in [6.45, 7) is 2.54. The van der Waals surface area contributed by atoms with Crippen molar-refractivity contribution in [2.45, 2.75) is 32.2 Å². The molecule has 1 aromatic heterocycles. The molecule has 0 fully saturated rings. The number of hydrogen-bond donors (Lipinski definition) is 0. The van der Waals surface area contributed by atoms with E-state index in [0.29, 0.717) is 23.3 Å². The summed E-state index contributed by atoms with van der Waals surface area (Å²) >= 11 is 3.07. The van der Waals surface area contributed by atoms with E-state index in [1.165, 1.54) is 0 Å². The average molecular weight is 251 g/mol. The van der Waals surface area contributed by atoms with Crippen molar-refractivity contribution in [3.63, 3.8) is 0 Å². The highest BCUT2D eigenvalue weighted by Crippen LogP contribution is 2.44. The third-order valence-electron chi connectivity index (χ3n) is 2.36. The van der Waals surface area contributed by atoms with Crippen LogP contribution in [0.5, 0.6) is 0 Å². The molecule has 0 amide bonds. The van der Waals surface area contributed by atoms with Gasteiger partial charge in [-0.25, -0.2) is 8.78 Å². The van der Waals surface area contributed by atoms with E-state index in [2.05, 4.69) is 21.0 Å². The second kappa shape index (κ2) is 2.77. The zero-order chi connectivity index (χ0) is 9.64. The van der Waals surface area contributed by atoms with Crippen molar-refractivity contribution >= 4 is 15.9 Å². The van der Waals surface area contributed by atoms with Crippen molar-refractivity contribution in [2.75, 3.05) is 0 Å². The van der Waals surface area contributed by atoms with E-state index in [0.717, 1.165) is 0 Å². The predicted molar refractivity (Wildman–Crippen MR) is 47.8 cm³/mol. The lowest BCUT2D eigenvalue weighted by Gasteiger charge is -2.06. The van der Waals surface area contributed by atoms with Gasteiger partial charge in [-0.1, -0.05) is 0 Å². The summed E-state index contributed by atoms with van der Waals surface area (Å²) in [5.74, 6) is -2.69. The van der Waals surface area contributed by atoms with Gasteiger partial charge in [0.05, 0.1) is 5.56 Å². The second-order valence-corrected chi connectivity index (χ2v) is 3.88. The highest BCUT2D eigenvalue weighted by atomic mass is 79.9. The molecule has 2 rings (SSSR count). The minimum absolute atomic E-state index is 0.0845. The van der Waals surface area contributed by atoms with Crippen LogP contribution in [0.15, 0.2) is 4.60 Å². The van der Waals surface area contributed by atoms with Crippen molar-refractivity contribution in [1.82, 2.24) is 9.78 Å². The van der Waals surface area contributed by atoms with Gasteiger partial charge in [-0.05, 0) is 29.3 Å². The highest BCUT2D eigenvalue weighted by molar-refractivity contribution is 9.10. The van der Waals surface area contributed by atoms with Gasteiger partial charge in [0.25, 0.3) is 5.92 Å². The van der Waals surface area contributed by atoms with Gasteiger partial charge in [-0.2, -0.15) is 5.10 Å². The number of aromatic nitrogens is 2. The van der Waals surface area contributed by atoms with Crippen LogP contribution >= 0.6 is 15.9 Å². The standard InChI is InChI=1S/C8H9BrF2N2/c1-2-13-5-3-4-8(10,11)6(5)7(9)12-13/h2-4H2,1H3. The number of hydrogen-bond acceptors (Lipinski definition) is 1. The first-order valence-corrected chi connectivity index (χ1v) is 4.99. The Hall–Kier alpha value is -0.450. The van der Waals surface area contributed by atoms with E-state index in [9.17, 15) is 8.78 Å². The van der Waals surface area contributed by atoms with Crippen LogP contribution in [0.25, 0.3) is 0 Å². The molecule has 0 bridgehead atoms. The maximum Gasteiger partial charge on any atom is 0.278 e. The Bertz CT molecular complexity index is 346. The molecule has 0 saturated carbocycles. The fourth-order valence-corrected chi connectivity index (χ4v) is 2.45. The van der Waals surface area contributed by atoms with E-state index in [4.69, 9.17) is 0 Å². The second-order valence-electron chi connectivity index (χ2n) is 3.13. The van der Waals surface area contributed by atoms with Crippen LogP contribution in [0, 0.1) is 0 Å². The highest BCUT2D eigenvalue weighted by Gasteiger charge is 2.44. The van der Waals surface area contributed by atoms with Crippen LogP contribution in [0.1, 0.15) is 24.6 Å². The minimum Gasteiger partial charge on any atom is -0.268 e. The summed E-state index contributed by atoms with van der Waals surface area (Å²) in [7, 11) is 0. The number of rotatable bonds is 1. The van der Waals surface area contributed by atoms with Gasteiger partial charge in [0, 0.05) is 18.7 Å². The SMILES string of the molecule is CCn1nc(Br)c2c1CCC2(F)F. The Morgan fingerprint density at radius 3 is 2.92 bits per heavy atom. The van der Waals surface area contributed by atoms with Crippen molar-refractivity contribution in [3.05, 3.63) is 15.9 Å². The Labute approximate surface area is 83.1 Å². The molecule has 0 aliphatic heterocycles. The molecule has 0 radical (unpaired) electrons. The molecule has 13 heavy (non-hydrogen) atoms. The summed E-state index contributed by atoms with van der Waals surface area (Å²) in [6, 6.07) is 0. The normalized spacial score (nSPS) is 19.1. The van der Waals surface area contributed by atoms with Crippen LogP contribution in [-0.4, -0.2) is 9.78 Å². The van der Waals surface area contributed by atoms with Gasteiger partial charge in [0.1, 0.15) is 4.60 Å². The fourth-order valence-electron chi connectivity index (χ4n) is 1.74. The molecule has 0 saturated heterocycles. The zero-order valence-corrected chi connectivity index (χ0v) is 8.74. The number of halogens is 3. The van der Waals surface area contributed by atoms with Crippen LogP contribution in [0.2, 0.25) is 0 Å². The number of fused-ring (bicyclic) bond motifs is 1. The van der Waals surface area contributed by atoms with Gasteiger partial charge < -0.3 is 0 Å². The molecule has 0 atom stereocenters. The lowest BCUT2D eigenvalue weighted by atomic mass is 10.2. The van der Waals surface area contributed by atoms with Gasteiger partial charge >= 0.3 is 0 Å². The molecule has 0 aromatic carbocycles. The topological polar surface area (TPSA) is 17.8 Å². The molecular weight excluding hydrogens is 242 g/mol. The average Bonchev–Trinajstić information content (AvgIpc) is 2.53. The molecule has 0 N–H and O–H groups in total. The van der Waals surface area contributed by atoms with E-state index < -0.39 is 5.92 Å². The first-order chi connectivity index (χ1) is 6.06. The summed E-state index contributed by atoms with van der Waals surface area (Å²) in [5, 5.41) is 4.00. The Morgan fingerprint density at radius 2 is 2.31 bits per heavy atom. The molecule has 0 unspecified atom stereocenters. The molecule has 1 aliphatic carbocycles. The third-order valence-corrected chi connectivity index (χ3v) is 2.91. The predicted octanol–water partition coefficient (Wildman–Crippen LogP) is 2.70. The Kier molecular flexibility index (Phi) is 1.94. The number of nitrogens with zero attached hydrogens (tertiary/aromatic N) is 2. The van der Waals surface area contributed by atoms with Crippen LogP contribution in [-0.2, 0) is 18.9 Å². The van der Waals surface area contributed by atoms with Crippen molar-refractivity contribution in [2.24, 2.45) is 0 Å². The maximum atomic E-state index is 13.3. The van der Waals surface area contributed by atoms with E-state index in [1.54, 1.807) is 4.68 Å². The minimum atomic E-state index is -2.69. The fraction of sp³-hybridized carbons (Fsp3) is 0.625. The molecular formula is C8H9BrF2N2. The third kappa shape index (κ3) is 1.21. The molecule has 72 valence electrons. The number of alkyl halides is 2. The van der Waals surface area contributed by atoms with E-state index >= 15 is 0 Å². The van der Waals surface area contributed by atoms with Crippen molar-refractivity contribution < 1.29 is 8.78 Å². The monoisotopic (exact) mass is 250 g/mol. The Morgan fingerprint density at radius 1 is 1.62 bits per heavy atom. The molecule has 1 heterocycles. The van der Waals surface area contributed by atoms with Crippen LogP contribution < -0.4 is 0 Å². The maximum absolute atomic E-state index is 13.3. The largest absolute Gasteiger partial charge is 0.278 e. The number of aryl methyl sites for hydroxylation is 1. The summed E-state index contributed by atoms with van der Waals surface area (Å²) in [5.41, 5.74) is 0.772. The van der Waals surface area contributed by atoms with E-state index in [1.807, 2.05) is 6.92 Å². The van der Waals surface area contributed by atoms with Gasteiger partial charge in [0.2, 0.25) is 0 Å². The zero-order valence-electron chi connectivity index (χ0n) is 7.15. The Balaban J connectivity index is 2.59. The van der Waals surface area contributed by atoms with Gasteiger partial charge in [-0.3, -0.25) is 4.68 Å². The quantitative estimate of drug-likeness (QED) is 0.750. The molecule has 0 spiro atoms. The first-order valence-electron chi connectivity index (χ1n) is 4.19. The molecule has 1 aliphatic rings. The van der Waals surface area contributed by atoms with Gasteiger partial charge in [-0.15, -0.1) is 0 Å². The lowest BCUT2D eigenvalue weighted by molar-refractivity contribution is -0.00272. The lowest BCUT2D eigenvalue weighted by Crippen LogP contribution is -2.07.